The average molecular weight is 291 g/mol. The van der Waals surface area contributed by atoms with Gasteiger partial charge in [0.2, 0.25) is 0 Å². The second-order valence-corrected chi connectivity index (χ2v) is 4.39. The molecule has 1 amide bonds. The number of benzene rings is 1. The van der Waals surface area contributed by atoms with Crippen LogP contribution < -0.4 is 10.6 Å². The third-order valence-electron chi connectivity index (χ3n) is 2.74. The molecule has 0 aliphatic heterocycles. The van der Waals surface area contributed by atoms with Gasteiger partial charge in [-0.1, -0.05) is 19.1 Å². The van der Waals surface area contributed by atoms with Crippen molar-refractivity contribution in [2.45, 2.75) is 13.3 Å². The zero-order valence-corrected chi connectivity index (χ0v) is 11.5. The lowest BCUT2D eigenvalue weighted by Crippen LogP contribution is -2.16. The highest BCUT2D eigenvalue weighted by Gasteiger charge is 2.14. The second kappa shape index (κ2) is 6.78. The van der Waals surface area contributed by atoms with Crippen molar-refractivity contribution in [2.75, 3.05) is 17.2 Å². The topological polar surface area (TPSA) is 54.0 Å². The van der Waals surface area contributed by atoms with E-state index < -0.39 is 23.2 Å². The molecule has 4 nitrogen and oxygen atoms in total. The number of anilines is 2. The number of para-hydroxylation sites is 1. The molecule has 110 valence electrons. The summed E-state index contributed by atoms with van der Waals surface area (Å²) in [6, 6.07) is 8.23. The third-order valence-corrected chi connectivity index (χ3v) is 2.74. The van der Waals surface area contributed by atoms with E-state index in [-0.39, 0.29) is 5.69 Å². The summed E-state index contributed by atoms with van der Waals surface area (Å²) >= 11 is 0. The van der Waals surface area contributed by atoms with E-state index in [2.05, 4.69) is 15.6 Å². The Morgan fingerprint density at radius 2 is 1.81 bits per heavy atom. The van der Waals surface area contributed by atoms with Crippen molar-refractivity contribution in [1.82, 2.24) is 4.98 Å². The normalized spacial score (nSPS) is 10.2. The molecule has 0 unspecified atom stereocenters. The highest BCUT2D eigenvalue weighted by Crippen LogP contribution is 2.18. The van der Waals surface area contributed by atoms with Crippen LogP contribution in [0.4, 0.5) is 20.3 Å². The van der Waals surface area contributed by atoms with E-state index in [0.29, 0.717) is 5.82 Å². The molecule has 0 aliphatic rings. The third kappa shape index (κ3) is 3.75. The number of pyridine rings is 1. The molecule has 2 N–H and O–H groups in total. The lowest BCUT2D eigenvalue weighted by Gasteiger charge is -2.08. The average Bonchev–Trinajstić information content (AvgIpc) is 2.49. The smallest absolute Gasteiger partial charge is 0.274 e. The predicted molar refractivity (Wildman–Crippen MR) is 77.3 cm³/mol. The van der Waals surface area contributed by atoms with Crippen molar-refractivity contribution >= 4 is 17.4 Å². The molecule has 1 aromatic heterocycles. The van der Waals surface area contributed by atoms with Gasteiger partial charge in [0, 0.05) is 6.54 Å². The first-order valence-corrected chi connectivity index (χ1v) is 6.58. The van der Waals surface area contributed by atoms with Gasteiger partial charge < -0.3 is 10.6 Å². The number of hydrogen-bond acceptors (Lipinski definition) is 3. The van der Waals surface area contributed by atoms with Crippen molar-refractivity contribution in [3.05, 3.63) is 53.7 Å². The van der Waals surface area contributed by atoms with E-state index in [0.717, 1.165) is 25.1 Å². The van der Waals surface area contributed by atoms with Crippen molar-refractivity contribution < 1.29 is 13.6 Å². The SMILES string of the molecule is CCCNc1cccc(C(=O)Nc2c(F)cccc2F)n1. The zero-order valence-electron chi connectivity index (χ0n) is 11.5. The first kappa shape index (κ1) is 14.9. The van der Waals surface area contributed by atoms with E-state index in [1.54, 1.807) is 12.1 Å². The predicted octanol–water partition coefficient (Wildman–Crippen LogP) is 3.43. The largest absolute Gasteiger partial charge is 0.370 e. The van der Waals surface area contributed by atoms with Gasteiger partial charge in [-0.25, -0.2) is 13.8 Å². The van der Waals surface area contributed by atoms with E-state index in [9.17, 15) is 13.6 Å². The van der Waals surface area contributed by atoms with Gasteiger partial charge in [-0.15, -0.1) is 0 Å². The molecule has 0 saturated heterocycles. The molecule has 2 aromatic rings. The van der Waals surface area contributed by atoms with Gasteiger partial charge in [-0.3, -0.25) is 4.79 Å². The Bertz CT molecular complexity index is 626. The molecule has 1 aromatic carbocycles. The summed E-state index contributed by atoms with van der Waals surface area (Å²) in [7, 11) is 0. The number of carbonyl (C=O) groups is 1. The monoisotopic (exact) mass is 291 g/mol. The molecule has 2 rings (SSSR count). The van der Waals surface area contributed by atoms with Gasteiger partial charge in [-0.05, 0) is 30.7 Å². The molecule has 0 bridgehead atoms. The number of carbonyl (C=O) groups excluding carboxylic acids is 1. The summed E-state index contributed by atoms with van der Waals surface area (Å²) in [4.78, 5) is 16.1. The van der Waals surface area contributed by atoms with Crippen molar-refractivity contribution in [3.63, 3.8) is 0 Å². The number of hydrogen-bond donors (Lipinski definition) is 2. The van der Waals surface area contributed by atoms with Gasteiger partial charge in [0.25, 0.3) is 5.91 Å². The minimum Gasteiger partial charge on any atom is -0.370 e. The number of rotatable bonds is 5. The molecule has 0 atom stereocenters. The van der Waals surface area contributed by atoms with Crippen LogP contribution in [0.1, 0.15) is 23.8 Å². The maximum absolute atomic E-state index is 13.5. The number of halogens is 2. The van der Waals surface area contributed by atoms with Crippen LogP contribution in [0.15, 0.2) is 36.4 Å². The van der Waals surface area contributed by atoms with Crippen LogP contribution in [0.25, 0.3) is 0 Å². The number of amides is 1. The van der Waals surface area contributed by atoms with Gasteiger partial charge in [0.05, 0.1) is 0 Å². The standard InChI is InChI=1S/C15H15F2N3O/c1-2-9-18-13-8-4-7-12(19-13)15(21)20-14-10(16)5-3-6-11(14)17/h3-8H,2,9H2,1H3,(H,18,19)(H,20,21). The fourth-order valence-corrected chi connectivity index (χ4v) is 1.71. The molecule has 0 saturated carbocycles. The van der Waals surface area contributed by atoms with Crippen LogP contribution in [-0.4, -0.2) is 17.4 Å². The van der Waals surface area contributed by atoms with Crippen LogP contribution in [-0.2, 0) is 0 Å². The fraction of sp³-hybridized carbons (Fsp3) is 0.200. The van der Waals surface area contributed by atoms with Crippen molar-refractivity contribution in [1.29, 1.82) is 0 Å². The first-order valence-electron chi connectivity index (χ1n) is 6.58. The molecule has 1 heterocycles. The summed E-state index contributed by atoms with van der Waals surface area (Å²) in [6.07, 6.45) is 0.915. The van der Waals surface area contributed by atoms with Crippen LogP contribution in [0.5, 0.6) is 0 Å². The van der Waals surface area contributed by atoms with Crippen molar-refractivity contribution in [2.24, 2.45) is 0 Å². The Hall–Kier alpha value is -2.50. The van der Waals surface area contributed by atoms with E-state index in [1.165, 1.54) is 12.1 Å². The fourth-order valence-electron chi connectivity index (χ4n) is 1.71. The van der Waals surface area contributed by atoms with E-state index in [1.807, 2.05) is 6.92 Å². The quantitative estimate of drug-likeness (QED) is 0.887. The lowest BCUT2D eigenvalue weighted by atomic mass is 10.2. The summed E-state index contributed by atoms with van der Waals surface area (Å²) in [5.74, 6) is -1.79. The zero-order chi connectivity index (χ0) is 15.2. The van der Waals surface area contributed by atoms with Gasteiger partial charge >= 0.3 is 0 Å². The van der Waals surface area contributed by atoms with Crippen LogP contribution in [0.2, 0.25) is 0 Å². The molecule has 0 fully saturated rings. The van der Waals surface area contributed by atoms with Crippen LogP contribution in [0, 0.1) is 11.6 Å². The molecule has 0 radical (unpaired) electrons. The number of nitrogens with one attached hydrogen (secondary N) is 2. The summed E-state index contributed by atoms with van der Waals surface area (Å²) in [5.41, 5.74) is -0.394. The Labute approximate surface area is 121 Å². The van der Waals surface area contributed by atoms with E-state index in [4.69, 9.17) is 0 Å². The Balaban J connectivity index is 2.17. The van der Waals surface area contributed by atoms with Gasteiger partial charge in [0.1, 0.15) is 28.8 Å². The van der Waals surface area contributed by atoms with Crippen LogP contribution >= 0.6 is 0 Å². The maximum atomic E-state index is 13.5. The van der Waals surface area contributed by atoms with Crippen LogP contribution in [0.3, 0.4) is 0 Å². The van der Waals surface area contributed by atoms with Crippen molar-refractivity contribution in [3.8, 4) is 0 Å². The second-order valence-electron chi connectivity index (χ2n) is 4.39. The highest BCUT2D eigenvalue weighted by molar-refractivity contribution is 6.03. The Morgan fingerprint density at radius 3 is 2.48 bits per heavy atom. The summed E-state index contributed by atoms with van der Waals surface area (Å²) < 4.78 is 27.0. The molecule has 0 aliphatic carbocycles. The maximum Gasteiger partial charge on any atom is 0.274 e. The number of nitrogens with zero attached hydrogens (tertiary/aromatic N) is 1. The van der Waals surface area contributed by atoms with Gasteiger partial charge in [0.15, 0.2) is 0 Å². The molecule has 6 heteroatoms. The number of aromatic nitrogens is 1. The molecule has 0 spiro atoms. The minimum atomic E-state index is -0.830. The molecular weight excluding hydrogens is 276 g/mol. The summed E-state index contributed by atoms with van der Waals surface area (Å²) in [5, 5.41) is 5.24. The van der Waals surface area contributed by atoms with Gasteiger partial charge in [-0.2, -0.15) is 0 Å². The lowest BCUT2D eigenvalue weighted by molar-refractivity contribution is 0.102. The Kier molecular flexibility index (Phi) is 4.81. The van der Waals surface area contributed by atoms with E-state index >= 15 is 0 Å². The summed E-state index contributed by atoms with van der Waals surface area (Å²) in [6.45, 7) is 2.73. The molecular formula is C15H15F2N3O. The minimum absolute atomic E-state index is 0.0822. The molecule has 21 heavy (non-hydrogen) atoms. The highest BCUT2D eigenvalue weighted by atomic mass is 19.1. The Morgan fingerprint density at radius 1 is 1.14 bits per heavy atom. The first-order chi connectivity index (χ1) is 10.1.